The summed E-state index contributed by atoms with van der Waals surface area (Å²) in [6.07, 6.45) is 0. The van der Waals surface area contributed by atoms with Gasteiger partial charge in [-0.2, -0.15) is 0 Å². The minimum atomic E-state index is 0.589. The van der Waals surface area contributed by atoms with Gasteiger partial charge in [-0.25, -0.2) is 4.85 Å². The third kappa shape index (κ3) is 1.20. The van der Waals surface area contributed by atoms with Crippen LogP contribution in [0.2, 0.25) is 0 Å². The van der Waals surface area contributed by atoms with Gasteiger partial charge < -0.3 is 4.74 Å². The zero-order valence-corrected chi connectivity index (χ0v) is 7.82. The zero-order chi connectivity index (χ0) is 9.97. The first-order valence-corrected chi connectivity index (χ1v) is 4.30. The van der Waals surface area contributed by atoms with Gasteiger partial charge in [0.15, 0.2) is 0 Å². The van der Waals surface area contributed by atoms with Gasteiger partial charge in [0.25, 0.3) is 0 Å². The quantitative estimate of drug-likeness (QED) is 0.618. The first kappa shape index (κ1) is 8.58. The molecule has 0 unspecified atom stereocenters. The van der Waals surface area contributed by atoms with Crippen LogP contribution in [0.4, 0.5) is 5.69 Å². The fourth-order valence-corrected chi connectivity index (χ4v) is 1.52. The molecule has 68 valence electrons. The highest BCUT2D eigenvalue weighted by Gasteiger charge is 2.06. The molecule has 0 aliphatic rings. The number of methoxy groups -OCH3 is 1. The molecule has 0 fully saturated rings. The Morgan fingerprint density at radius 1 is 1.14 bits per heavy atom. The van der Waals surface area contributed by atoms with Crippen molar-refractivity contribution in [3.05, 3.63) is 47.8 Å². The maximum atomic E-state index is 7.11. The molecule has 0 saturated heterocycles. The van der Waals surface area contributed by atoms with E-state index in [0.717, 1.165) is 10.8 Å². The third-order valence-corrected chi connectivity index (χ3v) is 2.20. The van der Waals surface area contributed by atoms with Crippen molar-refractivity contribution < 1.29 is 4.74 Å². The predicted octanol–water partition coefficient (Wildman–Crippen LogP) is 3.40. The number of hydrogen-bond acceptors (Lipinski definition) is 1. The van der Waals surface area contributed by atoms with Crippen molar-refractivity contribution in [3.8, 4) is 5.75 Å². The van der Waals surface area contributed by atoms with Gasteiger partial charge >= 0.3 is 0 Å². The molecule has 0 radical (unpaired) electrons. The van der Waals surface area contributed by atoms with Gasteiger partial charge in [0.2, 0.25) is 5.69 Å². The monoisotopic (exact) mass is 183 g/mol. The SMILES string of the molecule is [C-]#[N+]c1c(OC)ccc2ccccc12. The number of ether oxygens (including phenoxy) is 1. The Morgan fingerprint density at radius 3 is 2.64 bits per heavy atom. The van der Waals surface area contributed by atoms with Crippen LogP contribution in [0.1, 0.15) is 0 Å². The molecule has 0 N–H and O–H groups in total. The van der Waals surface area contributed by atoms with E-state index >= 15 is 0 Å². The van der Waals surface area contributed by atoms with E-state index in [9.17, 15) is 0 Å². The average Bonchev–Trinajstić information content (AvgIpc) is 2.27. The molecule has 2 aromatic carbocycles. The van der Waals surface area contributed by atoms with E-state index in [2.05, 4.69) is 4.85 Å². The van der Waals surface area contributed by atoms with Crippen molar-refractivity contribution >= 4 is 16.5 Å². The molecule has 0 atom stereocenters. The highest BCUT2D eigenvalue weighted by atomic mass is 16.5. The predicted molar refractivity (Wildman–Crippen MR) is 56.8 cm³/mol. The van der Waals surface area contributed by atoms with E-state index in [-0.39, 0.29) is 0 Å². The van der Waals surface area contributed by atoms with Crippen LogP contribution in [0, 0.1) is 6.57 Å². The fourth-order valence-electron chi connectivity index (χ4n) is 1.52. The second kappa shape index (κ2) is 3.39. The zero-order valence-electron chi connectivity index (χ0n) is 7.82. The van der Waals surface area contributed by atoms with Crippen molar-refractivity contribution in [3.63, 3.8) is 0 Å². The second-order valence-electron chi connectivity index (χ2n) is 2.95. The molecular formula is C12H9NO. The van der Waals surface area contributed by atoms with Crippen LogP contribution in [-0.2, 0) is 0 Å². The van der Waals surface area contributed by atoms with Gasteiger partial charge in [0.1, 0.15) is 5.75 Å². The molecule has 0 heterocycles. The first-order chi connectivity index (χ1) is 6.86. The molecule has 0 bridgehead atoms. The standard InChI is InChI=1S/C12H9NO/c1-13-12-10-6-4-3-5-9(10)7-8-11(12)14-2/h3-8H,2H3. The van der Waals surface area contributed by atoms with E-state index in [1.54, 1.807) is 7.11 Å². The molecule has 0 saturated carbocycles. The molecule has 2 nitrogen and oxygen atoms in total. The Kier molecular flexibility index (Phi) is 2.08. The Hall–Kier alpha value is -2.01. The average molecular weight is 183 g/mol. The van der Waals surface area contributed by atoms with E-state index in [0.29, 0.717) is 11.4 Å². The van der Waals surface area contributed by atoms with Gasteiger partial charge in [0, 0.05) is 0 Å². The molecule has 0 spiro atoms. The molecular weight excluding hydrogens is 174 g/mol. The van der Waals surface area contributed by atoms with Crippen LogP contribution in [0.15, 0.2) is 36.4 Å². The Labute approximate surface area is 82.6 Å². The van der Waals surface area contributed by atoms with Gasteiger partial charge in [0.05, 0.1) is 13.7 Å². The van der Waals surface area contributed by atoms with Gasteiger partial charge in [-0.15, -0.1) is 0 Å². The van der Waals surface area contributed by atoms with Crippen LogP contribution >= 0.6 is 0 Å². The third-order valence-electron chi connectivity index (χ3n) is 2.20. The van der Waals surface area contributed by atoms with Crippen molar-refractivity contribution in [2.45, 2.75) is 0 Å². The Morgan fingerprint density at radius 2 is 1.93 bits per heavy atom. The van der Waals surface area contributed by atoms with Crippen molar-refractivity contribution in [1.82, 2.24) is 0 Å². The highest BCUT2D eigenvalue weighted by molar-refractivity contribution is 5.97. The smallest absolute Gasteiger partial charge is 0.235 e. The number of fused-ring (bicyclic) bond motifs is 1. The topological polar surface area (TPSA) is 13.6 Å². The molecule has 0 aliphatic heterocycles. The molecule has 2 rings (SSSR count). The number of benzene rings is 2. The Bertz CT molecular complexity index is 511. The lowest BCUT2D eigenvalue weighted by atomic mass is 10.1. The summed E-state index contributed by atoms with van der Waals surface area (Å²) in [5.41, 5.74) is 0.589. The molecule has 0 aromatic heterocycles. The summed E-state index contributed by atoms with van der Waals surface area (Å²) in [6, 6.07) is 11.6. The fraction of sp³-hybridized carbons (Fsp3) is 0.0833. The number of nitrogens with zero attached hydrogens (tertiary/aromatic N) is 1. The molecule has 2 aromatic rings. The lowest BCUT2D eigenvalue weighted by Crippen LogP contribution is -1.83. The normalized spacial score (nSPS) is 9.71. The van der Waals surface area contributed by atoms with E-state index in [1.165, 1.54) is 0 Å². The molecule has 2 heteroatoms. The lowest BCUT2D eigenvalue weighted by molar-refractivity contribution is 0.418. The molecule has 0 aliphatic carbocycles. The number of hydrogen-bond donors (Lipinski definition) is 0. The van der Waals surface area contributed by atoms with Crippen LogP contribution in [0.5, 0.6) is 5.75 Å². The van der Waals surface area contributed by atoms with Gasteiger partial charge in [-0.3, -0.25) is 0 Å². The van der Waals surface area contributed by atoms with Crippen molar-refractivity contribution in [2.24, 2.45) is 0 Å². The minimum Gasteiger partial charge on any atom is -0.508 e. The lowest BCUT2D eigenvalue weighted by Gasteiger charge is -2.05. The van der Waals surface area contributed by atoms with Crippen LogP contribution in [0.3, 0.4) is 0 Å². The Balaban J connectivity index is 2.85. The second-order valence-corrected chi connectivity index (χ2v) is 2.95. The summed E-state index contributed by atoms with van der Waals surface area (Å²) in [5, 5.41) is 2.01. The van der Waals surface area contributed by atoms with Crippen LogP contribution in [-0.4, -0.2) is 7.11 Å². The highest BCUT2D eigenvalue weighted by Crippen LogP contribution is 2.35. The maximum Gasteiger partial charge on any atom is 0.235 e. The van der Waals surface area contributed by atoms with Crippen molar-refractivity contribution in [2.75, 3.05) is 7.11 Å². The summed E-state index contributed by atoms with van der Waals surface area (Å²) in [6.45, 7) is 7.11. The summed E-state index contributed by atoms with van der Waals surface area (Å²) in [7, 11) is 1.58. The van der Waals surface area contributed by atoms with E-state index < -0.39 is 0 Å². The molecule has 0 amide bonds. The summed E-state index contributed by atoms with van der Waals surface area (Å²) in [4.78, 5) is 3.49. The van der Waals surface area contributed by atoms with Gasteiger partial charge in [-0.05, 0) is 16.8 Å². The summed E-state index contributed by atoms with van der Waals surface area (Å²) >= 11 is 0. The van der Waals surface area contributed by atoms with Crippen LogP contribution in [0.25, 0.3) is 15.6 Å². The molecule has 14 heavy (non-hydrogen) atoms. The van der Waals surface area contributed by atoms with Gasteiger partial charge in [-0.1, -0.05) is 30.3 Å². The number of rotatable bonds is 1. The van der Waals surface area contributed by atoms with Crippen LogP contribution < -0.4 is 4.74 Å². The first-order valence-electron chi connectivity index (χ1n) is 4.30. The minimum absolute atomic E-state index is 0.589. The van der Waals surface area contributed by atoms with Crippen molar-refractivity contribution in [1.29, 1.82) is 0 Å². The summed E-state index contributed by atoms with van der Waals surface area (Å²) < 4.78 is 5.13. The summed E-state index contributed by atoms with van der Waals surface area (Å²) in [5.74, 6) is 0.638. The maximum absolute atomic E-state index is 7.11. The van der Waals surface area contributed by atoms with E-state index in [1.807, 2.05) is 36.4 Å². The largest absolute Gasteiger partial charge is 0.508 e. The van der Waals surface area contributed by atoms with E-state index in [4.69, 9.17) is 11.3 Å².